The van der Waals surface area contributed by atoms with Crippen molar-refractivity contribution in [3.63, 3.8) is 0 Å². The Kier molecular flexibility index (Phi) is 1.69. The van der Waals surface area contributed by atoms with Crippen molar-refractivity contribution < 1.29 is 13.6 Å². The molecule has 2 aromatic rings. The fourth-order valence-electron chi connectivity index (χ4n) is 2.01. The Morgan fingerprint density at radius 2 is 2.20 bits per heavy atom. The summed E-state index contributed by atoms with van der Waals surface area (Å²) in [5.74, 6) is 0.298. The third-order valence-electron chi connectivity index (χ3n) is 2.82. The molecular weight excluding hydrogens is 195 g/mol. The normalized spacial score (nSPS) is 15.8. The zero-order valence-electron chi connectivity index (χ0n) is 8.00. The zero-order chi connectivity index (χ0) is 10.4. The van der Waals surface area contributed by atoms with E-state index < -0.39 is 0 Å². The molecule has 1 heterocycles. The summed E-state index contributed by atoms with van der Waals surface area (Å²) in [6.07, 6.45) is 2.71. The second-order valence-corrected chi connectivity index (χ2v) is 3.89. The number of carbonyl (C=O) groups excluding carboxylic acids is 1. The molecule has 1 fully saturated rings. The minimum absolute atomic E-state index is 0.289. The van der Waals surface area contributed by atoms with Crippen molar-refractivity contribution in [2.45, 2.75) is 18.8 Å². The fraction of sp³-hybridized carbons (Fsp3) is 0.250. The van der Waals surface area contributed by atoms with E-state index in [1.165, 1.54) is 6.07 Å². The maximum absolute atomic E-state index is 13.6. The van der Waals surface area contributed by atoms with E-state index in [1.54, 1.807) is 12.1 Å². The van der Waals surface area contributed by atoms with Crippen LogP contribution < -0.4 is 0 Å². The van der Waals surface area contributed by atoms with Crippen LogP contribution in [0, 0.1) is 5.82 Å². The van der Waals surface area contributed by atoms with Crippen molar-refractivity contribution >= 4 is 17.3 Å². The highest BCUT2D eigenvalue weighted by Gasteiger charge is 2.31. The van der Waals surface area contributed by atoms with Gasteiger partial charge in [0.25, 0.3) is 0 Å². The largest absolute Gasteiger partial charge is 0.453 e. The van der Waals surface area contributed by atoms with Crippen molar-refractivity contribution in [2.24, 2.45) is 0 Å². The van der Waals surface area contributed by atoms with Crippen LogP contribution in [-0.4, -0.2) is 6.29 Å². The summed E-state index contributed by atoms with van der Waals surface area (Å²) in [4.78, 5) is 10.8. The molecule has 0 spiro atoms. The molecule has 0 unspecified atom stereocenters. The lowest BCUT2D eigenvalue weighted by Crippen LogP contribution is -1.86. The first kappa shape index (κ1) is 8.65. The van der Waals surface area contributed by atoms with E-state index in [0.29, 0.717) is 23.2 Å². The van der Waals surface area contributed by atoms with Crippen molar-refractivity contribution in [3.8, 4) is 0 Å². The van der Waals surface area contributed by atoms with E-state index in [2.05, 4.69) is 0 Å². The van der Waals surface area contributed by atoms with Crippen LogP contribution >= 0.6 is 0 Å². The lowest BCUT2D eigenvalue weighted by molar-refractivity contribution is 0.110. The number of furan rings is 1. The minimum atomic E-state index is -0.300. The van der Waals surface area contributed by atoms with Gasteiger partial charge in [-0.2, -0.15) is 0 Å². The number of halogens is 1. The molecule has 0 radical (unpaired) electrons. The van der Waals surface area contributed by atoms with Gasteiger partial charge in [0.05, 0.1) is 5.39 Å². The molecule has 3 heteroatoms. The molecule has 1 aromatic carbocycles. The van der Waals surface area contributed by atoms with Gasteiger partial charge in [0.2, 0.25) is 0 Å². The summed E-state index contributed by atoms with van der Waals surface area (Å²) in [6.45, 7) is 0. The number of rotatable bonds is 2. The van der Waals surface area contributed by atoms with Gasteiger partial charge in [-0.25, -0.2) is 4.39 Å². The Morgan fingerprint density at radius 3 is 2.87 bits per heavy atom. The maximum Gasteiger partial charge on any atom is 0.185 e. The molecule has 15 heavy (non-hydrogen) atoms. The Hall–Kier alpha value is -1.64. The lowest BCUT2D eigenvalue weighted by atomic mass is 10.1. The number of carbonyl (C=O) groups is 1. The Balaban J connectivity index is 2.40. The second kappa shape index (κ2) is 2.92. The maximum atomic E-state index is 13.6. The first-order valence-corrected chi connectivity index (χ1v) is 4.97. The summed E-state index contributed by atoms with van der Waals surface area (Å²) >= 11 is 0. The van der Waals surface area contributed by atoms with Crippen LogP contribution in [0.5, 0.6) is 0 Å². The van der Waals surface area contributed by atoms with Gasteiger partial charge in [-0.15, -0.1) is 0 Å². The number of hydrogen-bond acceptors (Lipinski definition) is 2. The molecule has 0 N–H and O–H groups in total. The predicted molar refractivity (Wildman–Crippen MR) is 53.5 cm³/mol. The smallest absolute Gasteiger partial charge is 0.185 e. The van der Waals surface area contributed by atoms with E-state index >= 15 is 0 Å². The molecule has 0 aliphatic heterocycles. The molecule has 1 aliphatic carbocycles. The first-order valence-electron chi connectivity index (χ1n) is 4.97. The monoisotopic (exact) mass is 204 g/mol. The molecule has 0 atom stereocenters. The highest BCUT2D eigenvalue weighted by Crippen LogP contribution is 2.46. The molecule has 3 rings (SSSR count). The summed E-state index contributed by atoms with van der Waals surface area (Å²) in [5.41, 5.74) is 1.23. The highest BCUT2D eigenvalue weighted by atomic mass is 19.1. The highest BCUT2D eigenvalue weighted by molar-refractivity contribution is 5.91. The second-order valence-electron chi connectivity index (χ2n) is 3.89. The Labute approximate surface area is 85.7 Å². The fourth-order valence-corrected chi connectivity index (χ4v) is 2.01. The van der Waals surface area contributed by atoms with E-state index in [1.807, 2.05) is 0 Å². The van der Waals surface area contributed by atoms with Crippen LogP contribution in [0.15, 0.2) is 22.6 Å². The number of aldehydes is 1. The predicted octanol–water partition coefficient (Wildman–Crippen LogP) is 3.26. The average molecular weight is 204 g/mol. The molecule has 1 aliphatic rings. The van der Waals surface area contributed by atoms with Crippen LogP contribution in [0.4, 0.5) is 4.39 Å². The zero-order valence-corrected chi connectivity index (χ0v) is 8.00. The summed E-state index contributed by atoms with van der Waals surface area (Å²) in [5, 5.41) is 0.488. The number of hydrogen-bond donors (Lipinski definition) is 0. The van der Waals surface area contributed by atoms with Gasteiger partial charge in [0, 0.05) is 5.56 Å². The average Bonchev–Trinajstić information content (AvgIpc) is 2.99. The molecule has 0 bridgehead atoms. The van der Waals surface area contributed by atoms with Gasteiger partial charge in [0.1, 0.15) is 11.4 Å². The first-order chi connectivity index (χ1) is 7.31. The molecule has 1 aromatic heterocycles. The van der Waals surface area contributed by atoms with E-state index in [-0.39, 0.29) is 11.6 Å². The minimum Gasteiger partial charge on any atom is -0.453 e. The summed E-state index contributed by atoms with van der Waals surface area (Å²) in [6, 6.07) is 4.68. The molecule has 0 amide bonds. The SMILES string of the molecule is O=Cc1oc2cccc(F)c2c1C1CC1. The van der Waals surface area contributed by atoms with Crippen LogP contribution in [0.2, 0.25) is 0 Å². The summed E-state index contributed by atoms with van der Waals surface area (Å²) in [7, 11) is 0. The van der Waals surface area contributed by atoms with Crippen LogP contribution in [0.1, 0.15) is 34.9 Å². The molecular formula is C12H9FO2. The Morgan fingerprint density at radius 1 is 1.40 bits per heavy atom. The van der Waals surface area contributed by atoms with Gasteiger partial charge in [-0.1, -0.05) is 6.07 Å². The quantitative estimate of drug-likeness (QED) is 0.703. The van der Waals surface area contributed by atoms with Gasteiger partial charge in [-0.05, 0) is 30.9 Å². The van der Waals surface area contributed by atoms with Crippen molar-refractivity contribution in [1.29, 1.82) is 0 Å². The molecule has 0 saturated heterocycles. The van der Waals surface area contributed by atoms with Crippen molar-refractivity contribution in [1.82, 2.24) is 0 Å². The van der Waals surface area contributed by atoms with Crippen molar-refractivity contribution in [3.05, 3.63) is 35.3 Å². The lowest BCUT2D eigenvalue weighted by Gasteiger charge is -1.95. The Bertz CT molecular complexity index is 538. The molecule has 2 nitrogen and oxygen atoms in total. The standard InChI is InChI=1S/C12H9FO2/c13-8-2-1-3-9-12(8)11(7-4-5-7)10(6-14)15-9/h1-3,6-7H,4-5H2. The van der Waals surface area contributed by atoms with E-state index in [9.17, 15) is 9.18 Å². The molecule has 1 saturated carbocycles. The van der Waals surface area contributed by atoms with Crippen LogP contribution in [0.3, 0.4) is 0 Å². The van der Waals surface area contributed by atoms with E-state index in [4.69, 9.17) is 4.42 Å². The third-order valence-corrected chi connectivity index (χ3v) is 2.82. The molecule has 76 valence electrons. The van der Waals surface area contributed by atoms with Gasteiger partial charge < -0.3 is 4.42 Å². The van der Waals surface area contributed by atoms with Crippen LogP contribution in [-0.2, 0) is 0 Å². The van der Waals surface area contributed by atoms with Gasteiger partial charge in [-0.3, -0.25) is 4.79 Å². The topological polar surface area (TPSA) is 30.2 Å². The number of benzene rings is 1. The number of fused-ring (bicyclic) bond motifs is 1. The van der Waals surface area contributed by atoms with Crippen molar-refractivity contribution in [2.75, 3.05) is 0 Å². The third kappa shape index (κ3) is 1.19. The van der Waals surface area contributed by atoms with Crippen LogP contribution in [0.25, 0.3) is 11.0 Å². The van der Waals surface area contributed by atoms with Gasteiger partial charge in [0.15, 0.2) is 12.0 Å². The van der Waals surface area contributed by atoms with E-state index in [0.717, 1.165) is 18.4 Å². The summed E-state index contributed by atoms with van der Waals surface area (Å²) < 4.78 is 18.9. The van der Waals surface area contributed by atoms with Gasteiger partial charge >= 0.3 is 0 Å².